The summed E-state index contributed by atoms with van der Waals surface area (Å²) in [4.78, 5) is 0. The Morgan fingerprint density at radius 2 is 2.22 bits per heavy atom. The lowest BCUT2D eigenvalue weighted by Gasteiger charge is -1.90. The minimum Gasteiger partial charge on any atom is -0.103 e. The number of hydrogen-bond donors (Lipinski definition) is 0. The summed E-state index contributed by atoms with van der Waals surface area (Å²) >= 11 is 0. The van der Waals surface area contributed by atoms with Gasteiger partial charge in [-0.15, -0.1) is 6.58 Å². The highest BCUT2D eigenvalue weighted by atomic mass is 28.2. The summed E-state index contributed by atoms with van der Waals surface area (Å²) in [5, 5.41) is 1.58. The van der Waals surface area contributed by atoms with Crippen LogP contribution in [-0.2, 0) is 0 Å². The van der Waals surface area contributed by atoms with Gasteiger partial charge in [0.05, 0.1) is 0 Å². The molecule has 0 aromatic carbocycles. The molecule has 0 amide bonds. The Bertz CT molecular complexity index is 147. The van der Waals surface area contributed by atoms with E-state index in [2.05, 4.69) is 18.9 Å². The third-order valence-electron chi connectivity index (χ3n) is 1.80. The lowest BCUT2D eigenvalue weighted by atomic mass is 10.3. The fourth-order valence-corrected chi connectivity index (χ4v) is 3.36. The minimum absolute atomic E-state index is 0.278. The van der Waals surface area contributed by atoms with Crippen molar-refractivity contribution >= 4 is 13.6 Å². The summed E-state index contributed by atoms with van der Waals surface area (Å²) in [7, 11) is -0.278. The molecule has 0 saturated carbocycles. The van der Waals surface area contributed by atoms with Crippen LogP contribution in [0, 0.1) is 0 Å². The summed E-state index contributed by atoms with van der Waals surface area (Å²) in [6.07, 6.45) is 4.68. The molecular weight excluding hydrogens is 124 g/mol. The van der Waals surface area contributed by atoms with Crippen LogP contribution >= 0.6 is 0 Å². The van der Waals surface area contributed by atoms with Crippen LogP contribution < -0.4 is 0 Å². The molecule has 48 valence electrons. The Hall–Kier alpha value is -0.433. The monoisotopic (exact) mass is 136 g/mol. The SMILES string of the molecule is C=CC1=[Si](C=C)CCC1. The maximum Gasteiger partial charge on any atom is 0.0398 e. The second kappa shape index (κ2) is 2.92. The molecule has 0 bridgehead atoms. The average molecular weight is 136 g/mol. The summed E-state index contributed by atoms with van der Waals surface area (Å²) in [6, 6.07) is 1.38. The molecule has 1 aliphatic heterocycles. The molecule has 0 nitrogen and oxygen atoms in total. The van der Waals surface area contributed by atoms with Crippen molar-refractivity contribution in [3.8, 4) is 0 Å². The molecule has 0 radical (unpaired) electrons. The van der Waals surface area contributed by atoms with Gasteiger partial charge in [0.2, 0.25) is 0 Å². The van der Waals surface area contributed by atoms with Crippen molar-refractivity contribution in [3.63, 3.8) is 0 Å². The Balaban J connectivity index is 2.81. The van der Waals surface area contributed by atoms with Crippen LogP contribution in [0.1, 0.15) is 12.8 Å². The number of allylic oxidation sites excluding steroid dienone is 1. The Morgan fingerprint density at radius 3 is 2.67 bits per heavy atom. The number of rotatable bonds is 2. The van der Waals surface area contributed by atoms with Gasteiger partial charge in [-0.2, -0.15) is 0 Å². The zero-order valence-corrected chi connectivity index (χ0v) is 6.69. The predicted molar refractivity (Wildman–Crippen MR) is 45.2 cm³/mol. The molecule has 1 aliphatic rings. The zero-order chi connectivity index (χ0) is 6.69. The molecule has 0 unspecified atom stereocenters. The average Bonchev–Trinajstić information content (AvgIpc) is 2.33. The van der Waals surface area contributed by atoms with Gasteiger partial charge >= 0.3 is 0 Å². The smallest absolute Gasteiger partial charge is 0.0398 e. The van der Waals surface area contributed by atoms with Crippen LogP contribution in [-0.4, -0.2) is 13.6 Å². The van der Waals surface area contributed by atoms with E-state index in [0.29, 0.717) is 0 Å². The molecule has 1 heterocycles. The fourth-order valence-electron chi connectivity index (χ4n) is 1.26. The normalized spacial score (nSPS) is 18.2. The standard InChI is InChI=1S/C8H12Si/c1-3-8-6-5-7-9(8)4-2/h3-4H,1-2,5-7H2. The lowest BCUT2D eigenvalue weighted by molar-refractivity contribution is 1.02. The first-order chi connectivity index (χ1) is 4.38. The maximum absolute atomic E-state index is 3.82. The lowest BCUT2D eigenvalue weighted by Crippen LogP contribution is -2.01. The van der Waals surface area contributed by atoms with Crippen molar-refractivity contribution in [1.29, 1.82) is 0 Å². The molecule has 0 spiro atoms. The highest BCUT2D eigenvalue weighted by Crippen LogP contribution is 2.10. The van der Waals surface area contributed by atoms with Gasteiger partial charge in [-0.3, -0.25) is 0 Å². The topological polar surface area (TPSA) is 0 Å². The molecule has 9 heavy (non-hydrogen) atoms. The predicted octanol–water partition coefficient (Wildman–Crippen LogP) is 1.94. The Kier molecular flexibility index (Phi) is 2.17. The summed E-state index contributed by atoms with van der Waals surface area (Å²) in [6.45, 7) is 7.60. The first kappa shape index (κ1) is 6.68. The molecule has 1 heteroatoms. The molecular formula is C8H12Si. The highest BCUT2D eigenvalue weighted by molar-refractivity contribution is 6.78. The summed E-state index contributed by atoms with van der Waals surface area (Å²) < 4.78 is 0. The van der Waals surface area contributed by atoms with Crippen molar-refractivity contribution in [3.05, 3.63) is 24.9 Å². The zero-order valence-electron chi connectivity index (χ0n) is 5.69. The van der Waals surface area contributed by atoms with E-state index in [1.54, 1.807) is 5.17 Å². The Morgan fingerprint density at radius 1 is 1.44 bits per heavy atom. The van der Waals surface area contributed by atoms with Gasteiger partial charge in [-0.05, 0) is 18.9 Å². The summed E-state index contributed by atoms with van der Waals surface area (Å²) in [5.41, 5.74) is 2.13. The van der Waals surface area contributed by atoms with Gasteiger partial charge in [-0.1, -0.05) is 23.5 Å². The molecule has 0 atom stereocenters. The highest BCUT2D eigenvalue weighted by Gasteiger charge is 2.08. The minimum atomic E-state index is -0.278. The van der Waals surface area contributed by atoms with E-state index < -0.39 is 0 Å². The fraction of sp³-hybridized carbons (Fsp3) is 0.375. The Labute approximate surface area is 58.1 Å². The van der Waals surface area contributed by atoms with Gasteiger partial charge < -0.3 is 0 Å². The summed E-state index contributed by atoms with van der Waals surface area (Å²) in [5.74, 6) is 0. The van der Waals surface area contributed by atoms with E-state index in [4.69, 9.17) is 0 Å². The third-order valence-corrected chi connectivity index (χ3v) is 4.46. The molecule has 0 aromatic rings. The first-order valence-corrected chi connectivity index (χ1v) is 5.14. The van der Waals surface area contributed by atoms with Gasteiger partial charge in [0, 0.05) is 8.41 Å². The molecule has 0 saturated heterocycles. The van der Waals surface area contributed by atoms with Crippen LogP contribution in [0.25, 0.3) is 0 Å². The van der Waals surface area contributed by atoms with Crippen LogP contribution in [0.3, 0.4) is 0 Å². The first-order valence-electron chi connectivity index (χ1n) is 3.35. The van der Waals surface area contributed by atoms with E-state index in [-0.39, 0.29) is 8.41 Å². The molecule has 0 aromatic heterocycles. The van der Waals surface area contributed by atoms with E-state index >= 15 is 0 Å². The van der Waals surface area contributed by atoms with Crippen molar-refractivity contribution in [1.82, 2.24) is 0 Å². The van der Waals surface area contributed by atoms with Crippen molar-refractivity contribution < 1.29 is 0 Å². The van der Waals surface area contributed by atoms with Crippen molar-refractivity contribution in [2.45, 2.75) is 18.9 Å². The van der Waals surface area contributed by atoms with Crippen molar-refractivity contribution in [2.24, 2.45) is 0 Å². The van der Waals surface area contributed by atoms with E-state index in [0.717, 1.165) is 0 Å². The van der Waals surface area contributed by atoms with E-state index in [1.807, 2.05) is 6.08 Å². The second-order valence-corrected chi connectivity index (χ2v) is 4.91. The van der Waals surface area contributed by atoms with Gasteiger partial charge in [0.25, 0.3) is 0 Å². The van der Waals surface area contributed by atoms with E-state index in [9.17, 15) is 0 Å². The van der Waals surface area contributed by atoms with Gasteiger partial charge in [0.15, 0.2) is 0 Å². The van der Waals surface area contributed by atoms with Crippen LogP contribution in [0.15, 0.2) is 24.9 Å². The van der Waals surface area contributed by atoms with Crippen molar-refractivity contribution in [2.75, 3.05) is 0 Å². The third kappa shape index (κ3) is 1.27. The second-order valence-electron chi connectivity index (χ2n) is 2.31. The largest absolute Gasteiger partial charge is 0.103 e. The van der Waals surface area contributed by atoms with Crippen LogP contribution in [0.2, 0.25) is 6.04 Å². The molecule has 0 N–H and O–H groups in total. The van der Waals surface area contributed by atoms with Gasteiger partial charge in [0.1, 0.15) is 0 Å². The molecule has 1 rings (SSSR count). The maximum atomic E-state index is 3.82. The number of hydrogen-bond acceptors (Lipinski definition) is 0. The molecule has 0 fully saturated rings. The van der Waals surface area contributed by atoms with Crippen LogP contribution in [0.4, 0.5) is 0 Å². The molecule has 0 aliphatic carbocycles. The quantitative estimate of drug-likeness (QED) is 0.509. The van der Waals surface area contributed by atoms with E-state index in [1.165, 1.54) is 18.9 Å². The van der Waals surface area contributed by atoms with Gasteiger partial charge in [-0.25, -0.2) is 0 Å². The van der Waals surface area contributed by atoms with Crippen LogP contribution in [0.5, 0.6) is 0 Å².